The first-order valence-electron chi connectivity index (χ1n) is 7.51. The molecule has 1 aromatic carbocycles. The zero-order chi connectivity index (χ0) is 15.7. The molecule has 0 aliphatic carbocycles. The Morgan fingerprint density at radius 1 is 1.19 bits per heavy atom. The van der Waals surface area contributed by atoms with Gasteiger partial charge in [0.2, 0.25) is 0 Å². The second-order valence-electron chi connectivity index (χ2n) is 5.17. The van der Waals surface area contributed by atoms with E-state index in [1.807, 2.05) is 21.0 Å². The lowest BCUT2D eigenvalue weighted by molar-refractivity contribution is 0.242. The number of ether oxygens (including phenoxy) is 2. The van der Waals surface area contributed by atoms with Crippen LogP contribution in [0.5, 0.6) is 11.5 Å². The van der Waals surface area contributed by atoms with Gasteiger partial charge in [0.25, 0.3) is 0 Å². The van der Waals surface area contributed by atoms with Crippen LogP contribution in [0.3, 0.4) is 0 Å². The summed E-state index contributed by atoms with van der Waals surface area (Å²) in [6.07, 6.45) is 1.13. The number of halogens is 1. The molecule has 0 fully saturated rings. The number of hydrogen-bond donors (Lipinski definition) is 1. The minimum Gasteiger partial charge on any atom is -0.490 e. The summed E-state index contributed by atoms with van der Waals surface area (Å²) in [5, 5.41) is 3.40. The van der Waals surface area contributed by atoms with Crippen molar-refractivity contribution in [2.75, 3.05) is 40.4 Å². The van der Waals surface area contributed by atoms with Crippen LogP contribution in [0, 0.1) is 0 Å². The zero-order valence-corrected chi connectivity index (χ0v) is 15.1. The summed E-state index contributed by atoms with van der Waals surface area (Å²) < 4.78 is 12.5. The van der Waals surface area contributed by atoms with Crippen LogP contribution >= 0.6 is 15.9 Å². The minimum atomic E-state index is 0.627. The summed E-state index contributed by atoms with van der Waals surface area (Å²) in [7, 11) is 4.06. The fourth-order valence-corrected chi connectivity index (χ4v) is 2.47. The van der Waals surface area contributed by atoms with E-state index in [-0.39, 0.29) is 0 Å². The molecule has 0 unspecified atom stereocenters. The maximum atomic E-state index is 5.88. The maximum Gasteiger partial charge on any atom is 0.175 e. The van der Waals surface area contributed by atoms with E-state index in [1.165, 1.54) is 5.56 Å². The van der Waals surface area contributed by atoms with E-state index in [0.717, 1.165) is 42.0 Å². The maximum absolute atomic E-state index is 5.88. The molecule has 1 rings (SSSR count). The highest BCUT2D eigenvalue weighted by Gasteiger charge is 2.12. The SMILES string of the molecule is CCCNCc1cc(Br)c(OCCN(C)C)c(OCC)c1. The Hall–Kier alpha value is -0.780. The van der Waals surface area contributed by atoms with Gasteiger partial charge >= 0.3 is 0 Å². The van der Waals surface area contributed by atoms with Gasteiger partial charge in [0.15, 0.2) is 11.5 Å². The van der Waals surface area contributed by atoms with Crippen LogP contribution in [-0.4, -0.2) is 45.3 Å². The molecule has 0 aromatic heterocycles. The Morgan fingerprint density at radius 3 is 2.57 bits per heavy atom. The average molecular weight is 359 g/mol. The van der Waals surface area contributed by atoms with Gasteiger partial charge in [-0.1, -0.05) is 6.92 Å². The highest BCUT2D eigenvalue weighted by Crippen LogP contribution is 2.37. The van der Waals surface area contributed by atoms with E-state index >= 15 is 0 Å². The van der Waals surface area contributed by atoms with E-state index in [0.29, 0.717) is 13.2 Å². The quantitative estimate of drug-likeness (QED) is 0.650. The molecule has 0 amide bonds. The molecule has 0 radical (unpaired) electrons. The van der Waals surface area contributed by atoms with Gasteiger partial charge in [0, 0.05) is 13.1 Å². The molecule has 120 valence electrons. The number of nitrogens with one attached hydrogen (secondary N) is 1. The van der Waals surface area contributed by atoms with Crippen molar-refractivity contribution in [3.63, 3.8) is 0 Å². The van der Waals surface area contributed by atoms with Gasteiger partial charge in [-0.25, -0.2) is 0 Å². The predicted molar refractivity (Wildman–Crippen MR) is 91.4 cm³/mol. The first kappa shape index (κ1) is 18.3. The van der Waals surface area contributed by atoms with E-state index in [2.05, 4.69) is 45.2 Å². The van der Waals surface area contributed by atoms with Crippen LogP contribution in [0.1, 0.15) is 25.8 Å². The second kappa shape index (κ2) is 10.0. The smallest absolute Gasteiger partial charge is 0.175 e. The Balaban J connectivity index is 2.80. The Bertz CT molecular complexity index is 425. The third kappa shape index (κ3) is 6.68. The Kier molecular flexibility index (Phi) is 8.73. The van der Waals surface area contributed by atoms with Gasteiger partial charge in [-0.3, -0.25) is 0 Å². The largest absolute Gasteiger partial charge is 0.490 e. The molecule has 0 saturated heterocycles. The molecular weight excluding hydrogens is 332 g/mol. The number of nitrogens with zero attached hydrogens (tertiary/aromatic N) is 1. The summed E-state index contributed by atoms with van der Waals surface area (Å²) in [4.78, 5) is 2.09. The van der Waals surface area contributed by atoms with Crippen molar-refractivity contribution in [3.05, 3.63) is 22.2 Å². The summed E-state index contributed by atoms with van der Waals surface area (Å²) in [6.45, 7) is 8.14. The van der Waals surface area contributed by atoms with Crippen LogP contribution in [-0.2, 0) is 6.54 Å². The molecule has 21 heavy (non-hydrogen) atoms. The minimum absolute atomic E-state index is 0.627. The zero-order valence-electron chi connectivity index (χ0n) is 13.5. The lowest BCUT2D eigenvalue weighted by Gasteiger charge is -2.17. The van der Waals surface area contributed by atoms with Crippen LogP contribution < -0.4 is 14.8 Å². The lowest BCUT2D eigenvalue weighted by atomic mass is 10.2. The number of likely N-dealkylation sites (N-methyl/N-ethyl adjacent to an activating group) is 1. The van der Waals surface area contributed by atoms with E-state index in [4.69, 9.17) is 9.47 Å². The van der Waals surface area contributed by atoms with Crippen LogP contribution in [0.4, 0.5) is 0 Å². The van der Waals surface area contributed by atoms with E-state index in [9.17, 15) is 0 Å². The third-order valence-corrected chi connectivity index (χ3v) is 3.50. The molecule has 0 saturated carbocycles. The van der Waals surface area contributed by atoms with Crippen molar-refractivity contribution < 1.29 is 9.47 Å². The highest BCUT2D eigenvalue weighted by atomic mass is 79.9. The van der Waals surface area contributed by atoms with Crippen molar-refractivity contribution in [1.29, 1.82) is 0 Å². The van der Waals surface area contributed by atoms with Gasteiger partial charge in [0.05, 0.1) is 11.1 Å². The van der Waals surface area contributed by atoms with Crippen molar-refractivity contribution in [3.8, 4) is 11.5 Å². The summed E-state index contributed by atoms with van der Waals surface area (Å²) in [5.74, 6) is 1.59. The fourth-order valence-electron chi connectivity index (χ4n) is 1.87. The molecule has 1 N–H and O–H groups in total. The standard InChI is InChI=1S/C16H27BrN2O2/c1-5-7-18-12-13-10-14(17)16(15(11-13)20-6-2)21-9-8-19(3)4/h10-11,18H,5-9,12H2,1-4H3. The normalized spacial score (nSPS) is 11.0. The first-order valence-corrected chi connectivity index (χ1v) is 8.31. The van der Waals surface area contributed by atoms with E-state index in [1.54, 1.807) is 0 Å². The van der Waals surface area contributed by atoms with Gasteiger partial charge < -0.3 is 19.7 Å². The number of rotatable bonds is 10. The number of benzene rings is 1. The average Bonchev–Trinajstić information content (AvgIpc) is 2.42. The van der Waals surface area contributed by atoms with Crippen LogP contribution in [0.25, 0.3) is 0 Å². The second-order valence-corrected chi connectivity index (χ2v) is 6.02. The first-order chi connectivity index (χ1) is 10.1. The van der Waals surface area contributed by atoms with Crippen molar-refractivity contribution >= 4 is 15.9 Å². The monoisotopic (exact) mass is 358 g/mol. The molecule has 0 spiro atoms. The molecule has 1 aromatic rings. The van der Waals surface area contributed by atoms with Crippen LogP contribution in [0.15, 0.2) is 16.6 Å². The van der Waals surface area contributed by atoms with Crippen molar-refractivity contribution in [1.82, 2.24) is 10.2 Å². The van der Waals surface area contributed by atoms with Crippen LogP contribution in [0.2, 0.25) is 0 Å². The topological polar surface area (TPSA) is 33.7 Å². The summed E-state index contributed by atoms with van der Waals surface area (Å²) >= 11 is 3.60. The van der Waals surface area contributed by atoms with Gasteiger partial charge in [-0.15, -0.1) is 0 Å². The Morgan fingerprint density at radius 2 is 1.95 bits per heavy atom. The molecule has 0 heterocycles. The summed E-state index contributed by atoms with van der Waals surface area (Å²) in [6, 6.07) is 4.15. The number of hydrogen-bond acceptors (Lipinski definition) is 4. The third-order valence-electron chi connectivity index (χ3n) is 2.91. The fraction of sp³-hybridized carbons (Fsp3) is 0.625. The summed E-state index contributed by atoms with van der Waals surface area (Å²) in [5.41, 5.74) is 1.19. The predicted octanol–water partition coefficient (Wildman–Crippen LogP) is 3.29. The Labute approximate surface area is 136 Å². The molecule has 0 aliphatic rings. The van der Waals surface area contributed by atoms with E-state index < -0.39 is 0 Å². The van der Waals surface area contributed by atoms with Gasteiger partial charge in [0.1, 0.15) is 6.61 Å². The van der Waals surface area contributed by atoms with Crippen molar-refractivity contribution in [2.24, 2.45) is 0 Å². The molecular formula is C16H27BrN2O2. The molecule has 4 nitrogen and oxygen atoms in total. The van der Waals surface area contributed by atoms with Gasteiger partial charge in [-0.05, 0) is 67.6 Å². The highest BCUT2D eigenvalue weighted by molar-refractivity contribution is 9.10. The van der Waals surface area contributed by atoms with Crippen molar-refractivity contribution in [2.45, 2.75) is 26.8 Å². The lowest BCUT2D eigenvalue weighted by Crippen LogP contribution is -2.20. The molecule has 0 aliphatic heterocycles. The molecule has 0 bridgehead atoms. The van der Waals surface area contributed by atoms with Gasteiger partial charge in [-0.2, -0.15) is 0 Å². The molecule has 5 heteroatoms. The molecule has 0 atom stereocenters.